The van der Waals surface area contributed by atoms with E-state index in [0.717, 1.165) is 5.52 Å². The Morgan fingerprint density at radius 1 is 1.00 bits per heavy atom. The van der Waals surface area contributed by atoms with Gasteiger partial charge in [-0.25, -0.2) is 14.8 Å². The summed E-state index contributed by atoms with van der Waals surface area (Å²) in [7, 11) is 0. The molecule has 5 nitrogen and oxygen atoms in total. The molecule has 0 atom stereocenters. The lowest BCUT2D eigenvalue weighted by atomic mass is 10.2. The summed E-state index contributed by atoms with van der Waals surface area (Å²) in [5.74, 6) is -0.545. The van der Waals surface area contributed by atoms with Crippen LogP contribution in [0.5, 0.6) is 11.6 Å². The number of ether oxygens (including phenoxy) is 1. The molecule has 0 unspecified atom stereocenters. The Labute approximate surface area is 114 Å². The number of carboxylic acids is 1. The first-order chi connectivity index (χ1) is 9.74. The number of carboxylic acid groups (broad SMARTS) is 1. The molecule has 0 spiro atoms. The van der Waals surface area contributed by atoms with E-state index in [4.69, 9.17) is 9.84 Å². The van der Waals surface area contributed by atoms with E-state index >= 15 is 0 Å². The van der Waals surface area contributed by atoms with Gasteiger partial charge in [0.15, 0.2) is 0 Å². The van der Waals surface area contributed by atoms with Crippen molar-refractivity contribution in [1.82, 2.24) is 9.97 Å². The number of nitrogens with zero attached hydrogens (tertiary/aromatic N) is 2. The zero-order valence-corrected chi connectivity index (χ0v) is 10.4. The van der Waals surface area contributed by atoms with Crippen LogP contribution in [0.25, 0.3) is 11.0 Å². The normalized spacial score (nSPS) is 10.4. The minimum Gasteiger partial charge on any atom is -0.478 e. The van der Waals surface area contributed by atoms with E-state index < -0.39 is 5.97 Å². The monoisotopic (exact) mass is 266 g/mol. The Bertz CT molecular complexity index is 787. The van der Waals surface area contributed by atoms with Gasteiger partial charge >= 0.3 is 5.97 Å². The van der Waals surface area contributed by atoms with Crippen LogP contribution in [-0.2, 0) is 0 Å². The Hall–Kier alpha value is -2.95. The maximum Gasteiger partial charge on any atom is 0.339 e. The SMILES string of the molecule is O=C(O)c1ccccc1Oc1cnc2ccccc2n1. The average molecular weight is 266 g/mol. The zero-order chi connectivity index (χ0) is 13.9. The lowest BCUT2D eigenvalue weighted by molar-refractivity contribution is 0.0694. The third-order valence-corrected chi connectivity index (χ3v) is 2.76. The van der Waals surface area contributed by atoms with Gasteiger partial charge in [0, 0.05) is 0 Å². The van der Waals surface area contributed by atoms with Crippen molar-refractivity contribution >= 4 is 17.0 Å². The van der Waals surface area contributed by atoms with Gasteiger partial charge in [-0.05, 0) is 24.3 Å². The lowest BCUT2D eigenvalue weighted by Gasteiger charge is -2.07. The van der Waals surface area contributed by atoms with Crippen LogP contribution in [0.2, 0.25) is 0 Å². The fourth-order valence-electron chi connectivity index (χ4n) is 1.83. The summed E-state index contributed by atoms with van der Waals surface area (Å²) in [6, 6.07) is 13.8. The van der Waals surface area contributed by atoms with Gasteiger partial charge in [-0.1, -0.05) is 24.3 Å². The quantitative estimate of drug-likeness (QED) is 0.788. The summed E-state index contributed by atoms with van der Waals surface area (Å²) >= 11 is 0. The highest BCUT2D eigenvalue weighted by Gasteiger charge is 2.11. The number of fused-ring (bicyclic) bond motifs is 1. The maximum absolute atomic E-state index is 11.1. The van der Waals surface area contributed by atoms with E-state index in [1.54, 1.807) is 18.2 Å². The average Bonchev–Trinajstić information content (AvgIpc) is 2.47. The van der Waals surface area contributed by atoms with E-state index in [1.165, 1.54) is 12.3 Å². The second kappa shape index (κ2) is 4.97. The molecule has 0 amide bonds. The van der Waals surface area contributed by atoms with Gasteiger partial charge in [0.1, 0.15) is 11.3 Å². The molecule has 0 saturated heterocycles. The molecule has 5 heteroatoms. The molecule has 98 valence electrons. The lowest BCUT2D eigenvalue weighted by Crippen LogP contribution is -2.00. The molecule has 1 aromatic heterocycles. The molecule has 0 saturated carbocycles. The first kappa shape index (κ1) is 12.1. The van der Waals surface area contributed by atoms with Crippen molar-refractivity contribution in [3.63, 3.8) is 0 Å². The Kier molecular flexibility index (Phi) is 3.01. The summed E-state index contributed by atoms with van der Waals surface area (Å²) in [6.45, 7) is 0. The smallest absolute Gasteiger partial charge is 0.339 e. The molecule has 0 radical (unpaired) electrons. The van der Waals surface area contributed by atoms with Crippen molar-refractivity contribution in [2.75, 3.05) is 0 Å². The van der Waals surface area contributed by atoms with E-state index in [9.17, 15) is 4.79 Å². The van der Waals surface area contributed by atoms with Crippen molar-refractivity contribution < 1.29 is 14.6 Å². The number of hydrogen-bond donors (Lipinski definition) is 1. The van der Waals surface area contributed by atoms with Crippen LogP contribution in [0.4, 0.5) is 0 Å². The van der Waals surface area contributed by atoms with Crippen LogP contribution in [0, 0.1) is 0 Å². The van der Waals surface area contributed by atoms with Gasteiger partial charge in [0.25, 0.3) is 0 Å². The van der Waals surface area contributed by atoms with Gasteiger partial charge in [-0.3, -0.25) is 0 Å². The molecule has 0 fully saturated rings. The predicted octanol–water partition coefficient (Wildman–Crippen LogP) is 3.12. The van der Waals surface area contributed by atoms with Gasteiger partial charge < -0.3 is 9.84 Å². The minimum absolute atomic E-state index is 0.0856. The number of aromatic nitrogens is 2. The van der Waals surface area contributed by atoms with E-state index in [0.29, 0.717) is 5.52 Å². The number of para-hydroxylation sites is 3. The predicted molar refractivity (Wildman–Crippen MR) is 73.0 cm³/mol. The highest BCUT2D eigenvalue weighted by molar-refractivity contribution is 5.90. The first-order valence-corrected chi connectivity index (χ1v) is 5.96. The Balaban J connectivity index is 1.99. The molecule has 2 aromatic carbocycles. The van der Waals surface area contributed by atoms with Gasteiger partial charge in [-0.2, -0.15) is 0 Å². The number of aromatic carboxylic acids is 1. The van der Waals surface area contributed by atoms with Crippen LogP contribution in [0.1, 0.15) is 10.4 Å². The summed E-state index contributed by atoms with van der Waals surface area (Å²) in [6.07, 6.45) is 1.47. The molecule has 0 bridgehead atoms. The molecule has 0 aliphatic rings. The minimum atomic E-state index is -1.05. The van der Waals surface area contributed by atoms with E-state index in [2.05, 4.69) is 9.97 Å². The second-order valence-electron chi connectivity index (χ2n) is 4.10. The molecule has 1 heterocycles. The summed E-state index contributed by atoms with van der Waals surface area (Å²) < 4.78 is 5.52. The third-order valence-electron chi connectivity index (χ3n) is 2.76. The fourth-order valence-corrected chi connectivity index (χ4v) is 1.83. The molecule has 20 heavy (non-hydrogen) atoms. The zero-order valence-electron chi connectivity index (χ0n) is 10.4. The molecule has 3 aromatic rings. The Morgan fingerprint density at radius 3 is 2.50 bits per heavy atom. The van der Waals surface area contributed by atoms with Crippen LogP contribution >= 0.6 is 0 Å². The summed E-state index contributed by atoms with van der Waals surface area (Å²) in [5.41, 5.74) is 1.53. The second-order valence-corrected chi connectivity index (χ2v) is 4.10. The molecule has 3 rings (SSSR count). The van der Waals surface area contributed by atoms with Crippen LogP contribution in [0.3, 0.4) is 0 Å². The van der Waals surface area contributed by atoms with Crippen molar-refractivity contribution in [2.24, 2.45) is 0 Å². The summed E-state index contributed by atoms with van der Waals surface area (Å²) in [5, 5.41) is 9.10. The van der Waals surface area contributed by atoms with Gasteiger partial charge in [0.2, 0.25) is 5.88 Å². The van der Waals surface area contributed by atoms with Crippen LogP contribution < -0.4 is 4.74 Å². The van der Waals surface area contributed by atoms with E-state index in [1.807, 2.05) is 24.3 Å². The van der Waals surface area contributed by atoms with Gasteiger partial charge in [0.05, 0.1) is 17.2 Å². The molecule has 0 aliphatic carbocycles. The number of benzene rings is 2. The standard InChI is InChI=1S/C15H10N2O3/c18-15(19)10-5-1-4-8-13(10)20-14-9-16-11-6-2-3-7-12(11)17-14/h1-9H,(H,18,19). The van der Waals surface area contributed by atoms with E-state index in [-0.39, 0.29) is 17.2 Å². The largest absolute Gasteiger partial charge is 0.478 e. The van der Waals surface area contributed by atoms with Crippen molar-refractivity contribution in [1.29, 1.82) is 0 Å². The highest BCUT2D eigenvalue weighted by Crippen LogP contribution is 2.24. The third kappa shape index (κ3) is 2.29. The fraction of sp³-hybridized carbons (Fsp3) is 0. The van der Waals surface area contributed by atoms with Gasteiger partial charge in [-0.15, -0.1) is 0 Å². The van der Waals surface area contributed by atoms with Crippen molar-refractivity contribution in [3.05, 3.63) is 60.3 Å². The molecule has 0 aliphatic heterocycles. The maximum atomic E-state index is 11.1. The van der Waals surface area contributed by atoms with Crippen molar-refractivity contribution in [3.8, 4) is 11.6 Å². The first-order valence-electron chi connectivity index (χ1n) is 5.96. The molecular formula is C15H10N2O3. The number of hydrogen-bond acceptors (Lipinski definition) is 4. The molecular weight excluding hydrogens is 256 g/mol. The Morgan fingerprint density at radius 2 is 1.70 bits per heavy atom. The topological polar surface area (TPSA) is 72.3 Å². The highest BCUT2D eigenvalue weighted by atomic mass is 16.5. The van der Waals surface area contributed by atoms with Crippen LogP contribution in [-0.4, -0.2) is 21.0 Å². The summed E-state index contributed by atoms with van der Waals surface area (Å²) in [4.78, 5) is 19.6. The van der Waals surface area contributed by atoms with Crippen LogP contribution in [0.15, 0.2) is 54.7 Å². The molecule has 1 N–H and O–H groups in total. The number of rotatable bonds is 3. The van der Waals surface area contributed by atoms with Crippen molar-refractivity contribution in [2.45, 2.75) is 0 Å². The number of carbonyl (C=O) groups is 1.